The van der Waals surface area contributed by atoms with Crippen LogP contribution in [-0.4, -0.2) is 56.9 Å². The van der Waals surface area contributed by atoms with E-state index in [-0.39, 0.29) is 15.8 Å². The van der Waals surface area contributed by atoms with E-state index < -0.39 is 16.0 Å². The normalized spacial score (nSPS) is 17.3. The zero-order chi connectivity index (χ0) is 21.6. The molecule has 1 fully saturated rings. The van der Waals surface area contributed by atoms with Gasteiger partial charge >= 0.3 is 5.97 Å². The van der Waals surface area contributed by atoms with Crippen LogP contribution < -0.4 is 0 Å². The van der Waals surface area contributed by atoms with Gasteiger partial charge in [0.2, 0.25) is 10.0 Å². The van der Waals surface area contributed by atoms with Crippen LogP contribution in [-0.2, 0) is 14.8 Å². The van der Waals surface area contributed by atoms with Gasteiger partial charge in [-0.3, -0.25) is 4.90 Å². The molecule has 0 N–H and O–H groups in total. The molecule has 0 unspecified atom stereocenters. The largest absolute Gasteiger partial charge is 0.465 e. The Bertz CT molecular complexity index is 1200. The third-order valence-corrected chi connectivity index (χ3v) is 9.02. The molecule has 2 aliphatic rings. The number of sulfonamides is 1. The molecular formula is C23H22N2O4S2. The van der Waals surface area contributed by atoms with E-state index in [1.54, 1.807) is 5.38 Å². The van der Waals surface area contributed by atoms with Crippen molar-refractivity contribution < 1.29 is 17.9 Å². The number of esters is 1. The minimum Gasteiger partial charge on any atom is -0.465 e. The van der Waals surface area contributed by atoms with Crippen molar-refractivity contribution in [1.82, 2.24) is 9.21 Å². The van der Waals surface area contributed by atoms with Crippen LogP contribution in [0.4, 0.5) is 0 Å². The van der Waals surface area contributed by atoms with Crippen LogP contribution in [0.3, 0.4) is 0 Å². The van der Waals surface area contributed by atoms with E-state index in [0.29, 0.717) is 26.2 Å². The first-order valence-electron chi connectivity index (χ1n) is 10.1. The minimum atomic E-state index is -3.76. The Morgan fingerprint density at radius 3 is 2.10 bits per heavy atom. The fourth-order valence-corrected chi connectivity index (χ4v) is 7.34. The van der Waals surface area contributed by atoms with Crippen molar-refractivity contribution >= 4 is 27.3 Å². The van der Waals surface area contributed by atoms with Crippen LogP contribution >= 0.6 is 11.3 Å². The number of thiophene rings is 1. The molecular weight excluding hydrogens is 432 g/mol. The molecule has 0 radical (unpaired) electrons. The summed E-state index contributed by atoms with van der Waals surface area (Å²) >= 11 is 1.09. The second-order valence-corrected chi connectivity index (χ2v) is 10.4. The van der Waals surface area contributed by atoms with E-state index in [9.17, 15) is 13.2 Å². The number of ether oxygens (including phenoxy) is 1. The van der Waals surface area contributed by atoms with Crippen molar-refractivity contribution in [2.45, 2.75) is 10.9 Å². The van der Waals surface area contributed by atoms with Gasteiger partial charge in [0.05, 0.1) is 13.2 Å². The van der Waals surface area contributed by atoms with Crippen LogP contribution in [0.25, 0.3) is 11.1 Å². The molecule has 1 aromatic heterocycles. The molecule has 31 heavy (non-hydrogen) atoms. The quantitative estimate of drug-likeness (QED) is 0.564. The van der Waals surface area contributed by atoms with Gasteiger partial charge in [0.1, 0.15) is 9.77 Å². The van der Waals surface area contributed by atoms with Crippen LogP contribution in [0.2, 0.25) is 0 Å². The van der Waals surface area contributed by atoms with Gasteiger partial charge in [-0.2, -0.15) is 4.31 Å². The minimum absolute atomic E-state index is 0.0364. The van der Waals surface area contributed by atoms with E-state index in [2.05, 4.69) is 53.4 Å². The summed E-state index contributed by atoms with van der Waals surface area (Å²) in [6, 6.07) is 18.5. The number of methoxy groups -OCH3 is 1. The summed E-state index contributed by atoms with van der Waals surface area (Å²) in [6.45, 7) is 1.98. The summed E-state index contributed by atoms with van der Waals surface area (Å²) in [5.41, 5.74) is 5.04. The van der Waals surface area contributed by atoms with E-state index >= 15 is 0 Å². The van der Waals surface area contributed by atoms with Gasteiger partial charge in [-0.15, -0.1) is 11.3 Å². The fourth-order valence-electron chi connectivity index (χ4n) is 4.61. The molecule has 2 aromatic carbocycles. The van der Waals surface area contributed by atoms with E-state index in [4.69, 9.17) is 4.74 Å². The molecule has 3 aromatic rings. The Morgan fingerprint density at radius 2 is 1.52 bits per heavy atom. The molecule has 5 rings (SSSR count). The summed E-state index contributed by atoms with van der Waals surface area (Å²) in [5.74, 6) is -0.619. The Morgan fingerprint density at radius 1 is 0.935 bits per heavy atom. The zero-order valence-corrected chi connectivity index (χ0v) is 18.7. The van der Waals surface area contributed by atoms with Crippen molar-refractivity contribution in [3.63, 3.8) is 0 Å². The maximum Gasteiger partial charge on any atom is 0.349 e. The van der Waals surface area contributed by atoms with Crippen molar-refractivity contribution in [2.24, 2.45) is 0 Å². The van der Waals surface area contributed by atoms with Gasteiger partial charge in [-0.05, 0) is 33.7 Å². The summed E-state index contributed by atoms with van der Waals surface area (Å²) in [6.07, 6.45) is 0. The average Bonchev–Trinajstić information content (AvgIpc) is 3.42. The highest BCUT2D eigenvalue weighted by Gasteiger charge is 2.37. The zero-order valence-electron chi connectivity index (χ0n) is 17.0. The van der Waals surface area contributed by atoms with Gasteiger partial charge in [0.25, 0.3) is 0 Å². The van der Waals surface area contributed by atoms with Crippen molar-refractivity contribution in [3.8, 4) is 11.1 Å². The van der Waals surface area contributed by atoms with Crippen LogP contribution in [0.5, 0.6) is 0 Å². The smallest absolute Gasteiger partial charge is 0.349 e. The van der Waals surface area contributed by atoms with Gasteiger partial charge in [0, 0.05) is 26.2 Å². The van der Waals surface area contributed by atoms with Gasteiger partial charge in [-0.1, -0.05) is 48.5 Å². The SMILES string of the molecule is COC(=O)c1sccc1S(=O)(=O)N1CCN(C2c3ccccc3-c3ccccc32)CC1. The first kappa shape index (κ1) is 20.4. The Labute approximate surface area is 185 Å². The van der Waals surface area contributed by atoms with Crippen LogP contribution in [0, 0.1) is 0 Å². The van der Waals surface area contributed by atoms with Gasteiger partial charge < -0.3 is 4.74 Å². The number of carbonyl (C=O) groups excluding carboxylic acids is 1. The third-order valence-electron chi connectivity index (χ3n) is 6.06. The maximum atomic E-state index is 13.2. The fraction of sp³-hybridized carbons (Fsp3) is 0.261. The molecule has 0 bridgehead atoms. The number of fused-ring (bicyclic) bond motifs is 3. The molecule has 1 saturated heterocycles. The van der Waals surface area contributed by atoms with E-state index in [1.807, 2.05) is 0 Å². The molecule has 1 aliphatic heterocycles. The number of hydrogen-bond donors (Lipinski definition) is 0. The van der Waals surface area contributed by atoms with E-state index in [0.717, 1.165) is 11.3 Å². The van der Waals surface area contributed by atoms with Crippen molar-refractivity contribution in [1.29, 1.82) is 0 Å². The number of benzene rings is 2. The lowest BCUT2D eigenvalue weighted by molar-refractivity contribution is 0.0602. The lowest BCUT2D eigenvalue weighted by Crippen LogP contribution is -2.49. The van der Waals surface area contributed by atoms with Crippen LogP contribution in [0.15, 0.2) is 64.9 Å². The molecule has 2 heterocycles. The summed E-state index contributed by atoms with van der Waals surface area (Å²) in [7, 11) is -2.50. The molecule has 8 heteroatoms. The summed E-state index contributed by atoms with van der Waals surface area (Å²) in [4.78, 5) is 14.5. The lowest BCUT2D eigenvalue weighted by atomic mass is 10.0. The van der Waals surface area contributed by atoms with Crippen molar-refractivity contribution in [2.75, 3.05) is 33.3 Å². The second-order valence-electron chi connectivity index (χ2n) is 7.62. The predicted molar refractivity (Wildman–Crippen MR) is 120 cm³/mol. The molecule has 0 amide bonds. The highest BCUT2D eigenvalue weighted by atomic mass is 32.2. The Hall–Kier alpha value is -2.52. The highest BCUT2D eigenvalue weighted by molar-refractivity contribution is 7.89. The molecule has 6 nitrogen and oxygen atoms in total. The summed E-state index contributed by atoms with van der Waals surface area (Å²) < 4.78 is 32.7. The number of carbonyl (C=O) groups is 1. The monoisotopic (exact) mass is 454 g/mol. The number of nitrogens with zero attached hydrogens (tertiary/aromatic N) is 2. The lowest BCUT2D eigenvalue weighted by Gasteiger charge is -2.38. The predicted octanol–water partition coefficient (Wildman–Crippen LogP) is 3.61. The van der Waals surface area contributed by atoms with Crippen LogP contribution in [0.1, 0.15) is 26.8 Å². The molecule has 0 spiro atoms. The molecule has 0 atom stereocenters. The number of piperazine rings is 1. The summed E-state index contributed by atoms with van der Waals surface area (Å²) in [5, 5.41) is 1.61. The first-order chi connectivity index (χ1) is 15.0. The Balaban J connectivity index is 1.39. The topological polar surface area (TPSA) is 66.9 Å². The standard InChI is InChI=1S/C23H22N2O4S2/c1-29-23(26)22-20(10-15-30-22)31(27,28)25-13-11-24(12-14-25)21-18-8-4-2-6-16(18)17-7-3-5-9-19(17)21/h2-10,15,21H,11-14H2,1H3. The van der Waals surface area contributed by atoms with Crippen molar-refractivity contribution in [3.05, 3.63) is 76.0 Å². The first-order valence-corrected chi connectivity index (χ1v) is 12.4. The maximum absolute atomic E-state index is 13.2. The van der Waals surface area contributed by atoms with Gasteiger partial charge in [-0.25, -0.2) is 13.2 Å². The molecule has 1 aliphatic carbocycles. The third kappa shape index (κ3) is 3.30. The number of rotatable bonds is 4. The highest BCUT2D eigenvalue weighted by Crippen LogP contribution is 2.46. The average molecular weight is 455 g/mol. The number of hydrogen-bond acceptors (Lipinski definition) is 6. The van der Waals surface area contributed by atoms with Gasteiger partial charge in [0.15, 0.2) is 0 Å². The molecule has 0 saturated carbocycles. The Kier molecular flexibility index (Phi) is 5.18. The van der Waals surface area contributed by atoms with E-state index in [1.165, 1.54) is 39.7 Å². The second kappa shape index (κ2) is 7.87. The molecule has 160 valence electrons.